The quantitative estimate of drug-likeness (QED) is 0.806. The minimum Gasteiger partial charge on any atom is -0.496 e. The summed E-state index contributed by atoms with van der Waals surface area (Å²) in [4.78, 5) is 14.2. The van der Waals surface area contributed by atoms with Crippen LogP contribution >= 0.6 is 0 Å². The van der Waals surface area contributed by atoms with Crippen molar-refractivity contribution in [3.8, 4) is 5.75 Å². The van der Waals surface area contributed by atoms with Crippen LogP contribution in [0, 0.1) is 0 Å². The maximum Gasteiger partial charge on any atom is 0.258 e. The third-order valence-corrected chi connectivity index (χ3v) is 4.09. The van der Waals surface area contributed by atoms with Crippen LogP contribution in [0.1, 0.15) is 23.6 Å². The molecule has 1 aliphatic rings. The van der Waals surface area contributed by atoms with Crippen molar-refractivity contribution in [1.82, 2.24) is 0 Å². The predicted molar refractivity (Wildman–Crippen MR) is 90.1 cm³/mol. The van der Waals surface area contributed by atoms with Gasteiger partial charge in [0.2, 0.25) is 0 Å². The molecule has 3 heteroatoms. The van der Waals surface area contributed by atoms with Gasteiger partial charge < -0.3 is 9.64 Å². The number of aryl methyl sites for hydroxylation is 1. The topological polar surface area (TPSA) is 29.5 Å². The average molecular weight is 293 g/mol. The van der Waals surface area contributed by atoms with E-state index >= 15 is 0 Å². The number of likely N-dealkylation sites (N-methyl/N-ethyl adjacent to an activating group) is 1. The van der Waals surface area contributed by atoms with E-state index in [1.807, 2.05) is 49.5 Å². The molecule has 0 atom stereocenters. The van der Waals surface area contributed by atoms with Crippen LogP contribution in [0.25, 0.3) is 11.6 Å². The Labute approximate surface area is 130 Å². The molecule has 0 bridgehead atoms. The summed E-state index contributed by atoms with van der Waals surface area (Å²) in [5.41, 5.74) is 4.85. The van der Waals surface area contributed by atoms with Crippen LogP contribution in [0.3, 0.4) is 0 Å². The maximum absolute atomic E-state index is 12.5. The summed E-state index contributed by atoms with van der Waals surface area (Å²) >= 11 is 0. The largest absolute Gasteiger partial charge is 0.496 e. The number of benzene rings is 2. The number of para-hydroxylation sites is 1. The fourth-order valence-electron chi connectivity index (χ4n) is 2.87. The van der Waals surface area contributed by atoms with Crippen LogP contribution in [0.2, 0.25) is 0 Å². The summed E-state index contributed by atoms with van der Waals surface area (Å²) in [7, 11) is 3.49. The molecule has 0 fully saturated rings. The molecule has 0 saturated carbocycles. The van der Waals surface area contributed by atoms with Crippen molar-refractivity contribution in [3.63, 3.8) is 0 Å². The van der Waals surface area contributed by atoms with Gasteiger partial charge >= 0.3 is 0 Å². The van der Waals surface area contributed by atoms with Crippen molar-refractivity contribution in [3.05, 3.63) is 59.2 Å². The molecule has 0 N–H and O–H groups in total. The summed E-state index contributed by atoms with van der Waals surface area (Å²) < 4.78 is 5.36. The molecule has 22 heavy (non-hydrogen) atoms. The molecule has 2 aromatic carbocycles. The van der Waals surface area contributed by atoms with E-state index in [-0.39, 0.29) is 5.91 Å². The molecular weight excluding hydrogens is 274 g/mol. The Morgan fingerprint density at radius 2 is 1.95 bits per heavy atom. The van der Waals surface area contributed by atoms with E-state index in [0.29, 0.717) is 0 Å². The first-order valence-electron chi connectivity index (χ1n) is 7.41. The SMILES string of the molecule is CCc1cc(/C=C2/C(=O)N(C)c3ccccc32)ccc1OC. The Kier molecular flexibility index (Phi) is 3.72. The summed E-state index contributed by atoms with van der Waals surface area (Å²) in [6.45, 7) is 2.10. The highest BCUT2D eigenvalue weighted by Gasteiger charge is 2.28. The van der Waals surface area contributed by atoms with Crippen LogP contribution in [-0.2, 0) is 11.2 Å². The van der Waals surface area contributed by atoms with Gasteiger partial charge in [0.25, 0.3) is 5.91 Å². The molecule has 0 unspecified atom stereocenters. The molecule has 0 radical (unpaired) electrons. The highest BCUT2D eigenvalue weighted by molar-refractivity contribution is 6.35. The zero-order chi connectivity index (χ0) is 15.7. The third kappa shape index (κ3) is 2.29. The number of ether oxygens (including phenoxy) is 1. The second kappa shape index (κ2) is 5.68. The maximum atomic E-state index is 12.5. The van der Waals surface area contributed by atoms with E-state index in [4.69, 9.17) is 4.74 Å². The van der Waals surface area contributed by atoms with E-state index in [2.05, 4.69) is 13.0 Å². The molecule has 3 rings (SSSR count). The van der Waals surface area contributed by atoms with E-state index in [1.54, 1.807) is 12.0 Å². The fraction of sp³-hybridized carbons (Fsp3) is 0.211. The van der Waals surface area contributed by atoms with Gasteiger partial charge in [-0.3, -0.25) is 4.79 Å². The Morgan fingerprint density at radius 3 is 2.68 bits per heavy atom. The molecule has 1 heterocycles. The summed E-state index contributed by atoms with van der Waals surface area (Å²) in [6.07, 6.45) is 2.86. The highest BCUT2D eigenvalue weighted by atomic mass is 16.5. The average Bonchev–Trinajstić information content (AvgIpc) is 2.80. The van der Waals surface area contributed by atoms with Gasteiger partial charge in [-0.25, -0.2) is 0 Å². The Bertz CT molecular complexity index is 762. The van der Waals surface area contributed by atoms with E-state index in [9.17, 15) is 4.79 Å². The van der Waals surface area contributed by atoms with Crippen molar-refractivity contribution in [2.45, 2.75) is 13.3 Å². The molecular formula is C19H19NO2. The monoisotopic (exact) mass is 293 g/mol. The minimum absolute atomic E-state index is 0.0371. The predicted octanol–water partition coefficient (Wildman–Crippen LogP) is 3.77. The lowest BCUT2D eigenvalue weighted by Gasteiger charge is -2.08. The van der Waals surface area contributed by atoms with Gasteiger partial charge in [-0.2, -0.15) is 0 Å². The van der Waals surface area contributed by atoms with Crippen molar-refractivity contribution in [2.24, 2.45) is 0 Å². The van der Waals surface area contributed by atoms with Crippen LogP contribution < -0.4 is 9.64 Å². The zero-order valence-corrected chi connectivity index (χ0v) is 13.1. The number of carbonyl (C=O) groups excluding carboxylic acids is 1. The zero-order valence-electron chi connectivity index (χ0n) is 13.1. The molecule has 112 valence electrons. The first-order chi connectivity index (χ1) is 10.7. The second-order valence-corrected chi connectivity index (χ2v) is 5.36. The van der Waals surface area contributed by atoms with E-state index in [0.717, 1.165) is 40.1 Å². The normalized spacial score (nSPS) is 15.3. The first-order valence-corrected chi connectivity index (χ1v) is 7.41. The van der Waals surface area contributed by atoms with Gasteiger partial charge in [-0.1, -0.05) is 31.2 Å². The van der Waals surface area contributed by atoms with Crippen LogP contribution in [0.15, 0.2) is 42.5 Å². The van der Waals surface area contributed by atoms with E-state index < -0.39 is 0 Å². The lowest BCUT2D eigenvalue weighted by Crippen LogP contribution is -2.20. The van der Waals surface area contributed by atoms with Crippen LogP contribution in [0.4, 0.5) is 5.69 Å². The van der Waals surface area contributed by atoms with Gasteiger partial charge in [-0.15, -0.1) is 0 Å². The number of rotatable bonds is 3. The van der Waals surface area contributed by atoms with Gasteiger partial charge in [-0.05, 0) is 41.8 Å². The van der Waals surface area contributed by atoms with Crippen molar-refractivity contribution >= 4 is 23.2 Å². The van der Waals surface area contributed by atoms with Crippen molar-refractivity contribution in [1.29, 1.82) is 0 Å². The standard InChI is InChI=1S/C19H19NO2/c1-4-14-11-13(9-10-18(14)22-3)12-16-15-7-5-6-8-17(15)20(2)19(16)21/h5-12H,4H2,1-3H3/b16-12+. The molecule has 3 nitrogen and oxygen atoms in total. The Balaban J connectivity index is 2.08. The van der Waals surface area contributed by atoms with Crippen molar-refractivity contribution in [2.75, 3.05) is 19.1 Å². The third-order valence-electron chi connectivity index (χ3n) is 4.09. The highest BCUT2D eigenvalue weighted by Crippen LogP contribution is 2.36. The van der Waals surface area contributed by atoms with Gasteiger partial charge in [0, 0.05) is 18.2 Å². The fourth-order valence-corrected chi connectivity index (χ4v) is 2.87. The molecule has 0 saturated heterocycles. The number of amides is 1. The van der Waals surface area contributed by atoms with Crippen LogP contribution in [0.5, 0.6) is 5.75 Å². The van der Waals surface area contributed by atoms with Crippen LogP contribution in [-0.4, -0.2) is 20.1 Å². The molecule has 1 amide bonds. The minimum atomic E-state index is 0.0371. The van der Waals surface area contributed by atoms with E-state index in [1.165, 1.54) is 0 Å². The number of carbonyl (C=O) groups is 1. The number of hydrogen-bond donors (Lipinski definition) is 0. The lowest BCUT2D eigenvalue weighted by atomic mass is 10.0. The summed E-state index contributed by atoms with van der Waals surface area (Å²) in [5, 5.41) is 0. The summed E-state index contributed by atoms with van der Waals surface area (Å²) in [5.74, 6) is 0.926. The number of methoxy groups -OCH3 is 1. The molecule has 0 aromatic heterocycles. The first kappa shape index (κ1) is 14.4. The molecule has 2 aromatic rings. The molecule has 1 aliphatic heterocycles. The molecule has 0 spiro atoms. The lowest BCUT2D eigenvalue weighted by molar-refractivity contribution is -0.112. The van der Waals surface area contributed by atoms with Gasteiger partial charge in [0.05, 0.1) is 12.8 Å². The Hall–Kier alpha value is -2.55. The number of nitrogens with zero attached hydrogens (tertiary/aromatic N) is 1. The second-order valence-electron chi connectivity index (χ2n) is 5.36. The van der Waals surface area contributed by atoms with Crippen molar-refractivity contribution < 1.29 is 9.53 Å². The Morgan fingerprint density at radius 1 is 1.18 bits per heavy atom. The number of hydrogen-bond acceptors (Lipinski definition) is 2. The number of fused-ring (bicyclic) bond motifs is 1. The molecule has 0 aliphatic carbocycles. The van der Waals surface area contributed by atoms with Gasteiger partial charge in [0.1, 0.15) is 5.75 Å². The smallest absolute Gasteiger partial charge is 0.258 e. The summed E-state index contributed by atoms with van der Waals surface area (Å²) in [6, 6.07) is 13.9. The number of anilines is 1. The van der Waals surface area contributed by atoms with Gasteiger partial charge in [0.15, 0.2) is 0 Å².